The highest BCUT2D eigenvalue weighted by atomic mass is 32.2. The second kappa shape index (κ2) is 6.79. The minimum absolute atomic E-state index is 0.0317. The lowest BCUT2D eigenvalue weighted by molar-refractivity contribution is -0.146. The lowest BCUT2D eigenvalue weighted by Crippen LogP contribution is -2.13. The van der Waals surface area contributed by atoms with Crippen molar-refractivity contribution in [3.05, 3.63) is 47.0 Å². The number of aryl methyl sites for hydroxylation is 1. The molecule has 0 aliphatic carbocycles. The van der Waals surface area contributed by atoms with E-state index < -0.39 is 17.8 Å². The van der Waals surface area contributed by atoms with Crippen LogP contribution in [0.4, 0.5) is 17.6 Å². The van der Waals surface area contributed by atoms with Crippen LogP contribution in [0.1, 0.15) is 17.0 Å². The summed E-state index contributed by atoms with van der Waals surface area (Å²) < 4.78 is 55.9. The van der Waals surface area contributed by atoms with Gasteiger partial charge in [0.15, 0.2) is 16.6 Å². The molecule has 0 fully saturated rings. The fourth-order valence-electron chi connectivity index (χ4n) is 2.74. The van der Waals surface area contributed by atoms with Crippen LogP contribution in [0.25, 0.3) is 17.0 Å². The summed E-state index contributed by atoms with van der Waals surface area (Å²) in [6.07, 6.45) is -4.70. The minimum Gasteiger partial charge on any atom is -0.305 e. The second-order valence-corrected chi connectivity index (χ2v) is 7.22. The smallest absolute Gasteiger partial charge is 0.305 e. The molecule has 0 amide bonds. The Labute approximate surface area is 165 Å². The van der Waals surface area contributed by atoms with Crippen LogP contribution in [-0.4, -0.2) is 34.6 Å². The first kappa shape index (κ1) is 19.3. The summed E-state index contributed by atoms with van der Waals surface area (Å²) in [5.74, 6) is -1.37. The lowest BCUT2D eigenvalue weighted by atomic mass is 10.2. The third kappa shape index (κ3) is 3.22. The van der Waals surface area contributed by atoms with Crippen molar-refractivity contribution in [3.8, 4) is 11.4 Å². The molecule has 0 bridgehead atoms. The predicted octanol–water partition coefficient (Wildman–Crippen LogP) is 3.85. The lowest BCUT2D eigenvalue weighted by Gasteiger charge is -2.10. The van der Waals surface area contributed by atoms with Gasteiger partial charge in [0.05, 0.1) is 5.56 Å². The molecular weight excluding hydrogens is 410 g/mol. The number of nitrogens with zero attached hydrogens (tertiary/aromatic N) is 7. The van der Waals surface area contributed by atoms with Gasteiger partial charge < -0.3 is 4.57 Å². The van der Waals surface area contributed by atoms with E-state index >= 15 is 0 Å². The first-order valence-corrected chi connectivity index (χ1v) is 9.12. The standard InChI is InChI=1S/C17H13F4N7S/c1-8-9(2)14(26-28-12(8)22-24-15(28)17(19,20)21)29-16-25-23-13(27(16)3)10-6-4-5-7-11(10)18/h4-7H,1-3H3. The Hall–Kier alpha value is -3.02. The van der Waals surface area contributed by atoms with Gasteiger partial charge in [-0.15, -0.1) is 20.4 Å². The maximum Gasteiger partial charge on any atom is 0.453 e. The molecule has 0 atom stereocenters. The first-order chi connectivity index (χ1) is 13.7. The maximum atomic E-state index is 14.1. The van der Waals surface area contributed by atoms with Gasteiger partial charge in [0.2, 0.25) is 0 Å². The Morgan fingerprint density at radius 1 is 0.966 bits per heavy atom. The van der Waals surface area contributed by atoms with E-state index in [0.717, 1.165) is 11.8 Å². The number of halogens is 4. The topological polar surface area (TPSA) is 73.8 Å². The van der Waals surface area contributed by atoms with Gasteiger partial charge in [0, 0.05) is 12.6 Å². The van der Waals surface area contributed by atoms with E-state index in [1.165, 1.54) is 6.07 Å². The number of aromatic nitrogens is 7. The molecule has 0 saturated heterocycles. The molecule has 4 rings (SSSR count). The van der Waals surface area contributed by atoms with Crippen molar-refractivity contribution < 1.29 is 17.6 Å². The van der Waals surface area contributed by atoms with Crippen LogP contribution >= 0.6 is 11.8 Å². The zero-order chi connectivity index (χ0) is 20.9. The predicted molar refractivity (Wildman–Crippen MR) is 95.8 cm³/mol. The van der Waals surface area contributed by atoms with Gasteiger partial charge in [-0.05, 0) is 43.3 Å². The number of hydrogen-bond acceptors (Lipinski definition) is 6. The second-order valence-electron chi connectivity index (χ2n) is 6.26. The van der Waals surface area contributed by atoms with Crippen LogP contribution in [0.3, 0.4) is 0 Å². The minimum atomic E-state index is -4.70. The van der Waals surface area contributed by atoms with Crippen molar-refractivity contribution in [1.29, 1.82) is 0 Å². The molecule has 1 aromatic carbocycles. The SMILES string of the molecule is Cc1c(Sc2nnc(-c3ccccc3F)n2C)nn2c(C(F)(F)F)nnc2c1C. The highest BCUT2D eigenvalue weighted by Gasteiger charge is 2.38. The van der Waals surface area contributed by atoms with E-state index in [1.807, 2.05) is 0 Å². The van der Waals surface area contributed by atoms with Crippen molar-refractivity contribution in [1.82, 2.24) is 34.6 Å². The fourth-order valence-corrected chi connectivity index (χ4v) is 3.65. The first-order valence-electron chi connectivity index (χ1n) is 8.30. The molecule has 0 radical (unpaired) electrons. The fraction of sp³-hybridized carbons (Fsp3) is 0.235. The van der Waals surface area contributed by atoms with Crippen molar-refractivity contribution in [3.63, 3.8) is 0 Å². The van der Waals surface area contributed by atoms with E-state index in [9.17, 15) is 17.6 Å². The summed E-state index contributed by atoms with van der Waals surface area (Å²) >= 11 is 1.03. The monoisotopic (exact) mass is 423 g/mol. The number of alkyl halides is 3. The Morgan fingerprint density at radius 3 is 2.38 bits per heavy atom. The van der Waals surface area contributed by atoms with Gasteiger partial charge in [0.1, 0.15) is 10.8 Å². The molecule has 12 heteroatoms. The normalized spacial score (nSPS) is 12.1. The van der Waals surface area contributed by atoms with Crippen LogP contribution < -0.4 is 0 Å². The zero-order valence-electron chi connectivity index (χ0n) is 15.4. The van der Waals surface area contributed by atoms with E-state index in [2.05, 4.69) is 25.5 Å². The Bertz CT molecular complexity index is 1230. The molecule has 0 spiro atoms. The molecule has 3 aromatic heterocycles. The zero-order valence-corrected chi connectivity index (χ0v) is 16.2. The Kier molecular flexibility index (Phi) is 4.52. The Balaban J connectivity index is 1.79. The molecule has 7 nitrogen and oxygen atoms in total. The molecule has 3 heterocycles. The maximum absolute atomic E-state index is 14.1. The molecule has 0 saturated carbocycles. The number of hydrogen-bond donors (Lipinski definition) is 0. The van der Waals surface area contributed by atoms with Crippen molar-refractivity contribution in [2.24, 2.45) is 7.05 Å². The molecule has 29 heavy (non-hydrogen) atoms. The molecule has 0 aliphatic heterocycles. The molecule has 0 N–H and O–H groups in total. The van der Waals surface area contributed by atoms with Crippen LogP contribution in [0.5, 0.6) is 0 Å². The summed E-state index contributed by atoms with van der Waals surface area (Å²) in [7, 11) is 1.64. The number of fused-ring (bicyclic) bond motifs is 1. The molecule has 0 unspecified atom stereocenters. The van der Waals surface area contributed by atoms with E-state index in [4.69, 9.17) is 0 Å². The van der Waals surface area contributed by atoms with Crippen LogP contribution in [0.2, 0.25) is 0 Å². The summed E-state index contributed by atoms with van der Waals surface area (Å²) in [6.45, 7) is 3.37. The van der Waals surface area contributed by atoms with E-state index in [-0.39, 0.29) is 16.2 Å². The summed E-state index contributed by atoms with van der Waals surface area (Å²) in [6, 6.07) is 6.12. The van der Waals surface area contributed by atoms with Crippen LogP contribution in [-0.2, 0) is 13.2 Å². The number of benzene rings is 1. The molecule has 4 aromatic rings. The highest BCUT2D eigenvalue weighted by Crippen LogP contribution is 2.34. The van der Waals surface area contributed by atoms with Gasteiger partial charge in [-0.3, -0.25) is 0 Å². The molecular formula is C17H13F4N7S. The van der Waals surface area contributed by atoms with Gasteiger partial charge >= 0.3 is 6.18 Å². The third-order valence-electron chi connectivity index (χ3n) is 4.44. The van der Waals surface area contributed by atoms with Gasteiger partial charge in [-0.1, -0.05) is 12.1 Å². The summed E-state index contributed by atoms with van der Waals surface area (Å²) in [5, 5.41) is 19.6. The quantitative estimate of drug-likeness (QED) is 0.466. The largest absolute Gasteiger partial charge is 0.453 e. The van der Waals surface area contributed by atoms with Crippen molar-refractivity contribution in [2.45, 2.75) is 30.2 Å². The van der Waals surface area contributed by atoms with E-state index in [1.54, 1.807) is 43.7 Å². The summed E-state index contributed by atoms with van der Waals surface area (Å²) in [5.41, 5.74) is 1.45. The molecule has 0 aliphatic rings. The van der Waals surface area contributed by atoms with Crippen LogP contribution in [0.15, 0.2) is 34.4 Å². The summed E-state index contributed by atoms with van der Waals surface area (Å²) in [4.78, 5) is 0. The number of rotatable bonds is 3. The molecule has 150 valence electrons. The van der Waals surface area contributed by atoms with Crippen molar-refractivity contribution in [2.75, 3.05) is 0 Å². The van der Waals surface area contributed by atoms with Gasteiger partial charge in [-0.25, -0.2) is 4.39 Å². The Morgan fingerprint density at radius 2 is 1.69 bits per heavy atom. The van der Waals surface area contributed by atoms with Gasteiger partial charge in [0.25, 0.3) is 5.82 Å². The van der Waals surface area contributed by atoms with Gasteiger partial charge in [-0.2, -0.15) is 22.8 Å². The third-order valence-corrected chi connectivity index (χ3v) is 5.56. The average molecular weight is 423 g/mol. The van der Waals surface area contributed by atoms with Crippen molar-refractivity contribution >= 4 is 17.4 Å². The van der Waals surface area contributed by atoms with Crippen LogP contribution in [0, 0.1) is 19.7 Å². The highest BCUT2D eigenvalue weighted by molar-refractivity contribution is 7.99. The van der Waals surface area contributed by atoms with E-state index in [0.29, 0.717) is 26.6 Å². The average Bonchev–Trinajstić information content (AvgIpc) is 3.24.